The molecule has 1 amide bonds. The molecule has 0 spiro atoms. The monoisotopic (exact) mass is 392 g/mol. The molecule has 144 valence electrons. The van der Waals surface area contributed by atoms with Crippen LogP contribution >= 0.6 is 0 Å². The average Bonchev–Trinajstić information content (AvgIpc) is 3.36. The molecule has 9 nitrogen and oxygen atoms in total. The van der Waals surface area contributed by atoms with Crippen molar-refractivity contribution in [3.63, 3.8) is 0 Å². The molecule has 3 heterocycles. The van der Waals surface area contributed by atoms with Crippen molar-refractivity contribution >= 4 is 21.6 Å². The number of sulfonamides is 1. The lowest BCUT2D eigenvalue weighted by Gasteiger charge is -2.20. The van der Waals surface area contributed by atoms with E-state index in [2.05, 4.69) is 10.1 Å². The summed E-state index contributed by atoms with van der Waals surface area (Å²) in [5.74, 6) is 0.456. The van der Waals surface area contributed by atoms with E-state index in [0.29, 0.717) is 24.5 Å². The standard InChI is InChI=1S/C17H20N4O5S/c1-12-18-16(26-19-12)17(23)8-10-20(11-17)27(24,25)14-6-4-13(5-7-14)21-9-2-3-15(21)22/h4-7,23H,2-3,8-11H2,1H3. The van der Waals surface area contributed by atoms with E-state index in [-0.39, 0.29) is 36.2 Å². The fourth-order valence-corrected chi connectivity index (χ4v) is 4.99. The van der Waals surface area contributed by atoms with Gasteiger partial charge in [-0.05, 0) is 37.6 Å². The average molecular weight is 392 g/mol. The van der Waals surface area contributed by atoms with Gasteiger partial charge in [0.05, 0.1) is 11.4 Å². The van der Waals surface area contributed by atoms with E-state index < -0.39 is 15.6 Å². The van der Waals surface area contributed by atoms with Gasteiger partial charge in [-0.25, -0.2) is 8.42 Å². The van der Waals surface area contributed by atoms with Crippen molar-refractivity contribution in [3.05, 3.63) is 36.0 Å². The van der Waals surface area contributed by atoms with Crippen LogP contribution in [-0.4, -0.2) is 53.5 Å². The number of aromatic nitrogens is 2. The third kappa shape index (κ3) is 3.13. The molecule has 1 atom stereocenters. The predicted molar refractivity (Wildman–Crippen MR) is 94.3 cm³/mol. The van der Waals surface area contributed by atoms with Crippen LogP contribution in [0.1, 0.15) is 31.0 Å². The fraction of sp³-hybridized carbons (Fsp3) is 0.471. The van der Waals surface area contributed by atoms with Gasteiger partial charge in [0.15, 0.2) is 11.4 Å². The molecule has 0 aliphatic carbocycles. The van der Waals surface area contributed by atoms with Crippen LogP contribution < -0.4 is 4.90 Å². The number of hydrogen-bond donors (Lipinski definition) is 1. The second-order valence-corrected chi connectivity index (χ2v) is 8.85. The largest absolute Gasteiger partial charge is 0.379 e. The first kappa shape index (κ1) is 18.1. The van der Waals surface area contributed by atoms with Gasteiger partial charge < -0.3 is 14.5 Å². The fourth-order valence-electron chi connectivity index (χ4n) is 3.49. The number of amides is 1. The number of carbonyl (C=O) groups is 1. The Bertz CT molecular complexity index is 971. The number of aryl methyl sites for hydroxylation is 1. The summed E-state index contributed by atoms with van der Waals surface area (Å²) in [6.45, 7) is 2.27. The number of β-amino-alcohol motifs (C(OH)–C–C–N with tert-alkyl or cyclic N) is 1. The van der Waals surface area contributed by atoms with E-state index in [1.54, 1.807) is 24.0 Å². The summed E-state index contributed by atoms with van der Waals surface area (Å²) in [4.78, 5) is 17.6. The number of aliphatic hydroxyl groups is 1. The Labute approximate surface area is 156 Å². The highest BCUT2D eigenvalue weighted by Gasteiger charge is 2.46. The lowest BCUT2D eigenvalue weighted by atomic mass is 10.0. The molecule has 2 fully saturated rings. The Morgan fingerprint density at radius 2 is 1.96 bits per heavy atom. The molecule has 10 heteroatoms. The van der Waals surface area contributed by atoms with E-state index >= 15 is 0 Å². The van der Waals surface area contributed by atoms with Gasteiger partial charge in [0, 0.05) is 31.6 Å². The van der Waals surface area contributed by atoms with Gasteiger partial charge in [-0.15, -0.1) is 0 Å². The van der Waals surface area contributed by atoms with Crippen molar-refractivity contribution in [3.8, 4) is 0 Å². The molecule has 2 aliphatic heterocycles. The van der Waals surface area contributed by atoms with Crippen molar-refractivity contribution < 1.29 is 22.8 Å². The van der Waals surface area contributed by atoms with Crippen LogP contribution in [0.2, 0.25) is 0 Å². The summed E-state index contributed by atoms with van der Waals surface area (Å²) in [7, 11) is -3.78. The first-order valence-corrected chi connectivity index (χ1v) is 10.2. The quantitative estimate of drug-likeness (QED) is 0.817. The molecule has 27 heavy (non-hydrogen) atoms. The maximum absolute atomic E-state index is 12.9. The molecular weight excluding hydrogens is 372 g/mol. The second kappa shape index (κ2) is 6.39. The van der Waals surface area contributed by atoms with Gasteiger partial charge >= 0.3 is 0 Å². The summed E-state index contributed by atoms with van der Waals surface area (Å²) in [5, 5.41) is 14.4. The Balaban J connectivity index is 1.54. The van der Waals surface area contributed by atoms with E-state index in [9.17, 15) is 18.3 Å². The number of carbonyl (C=O) groups excluding carboxylic acids is 1. The van der Waals surface area contributed by atoms with Gasteiger partial charge in [-0.3, -0.25) is 4.79 Å². The van der Waals surface area contributed by atoms with E-state index in [1.807, 2.05) is 0 Å². The highest BCUT2D eigenvalue weighted by molar-refractivity contribution is 7.89. The lowest BCUT2D eigenvalue weighted by Crippen LogP contribution is -2.34. The van der Waals surface area contributed by atoms with Crippen LogP contribution in [0.4, 0.5) is 5.69 Å². The molecule has 0 bridgehead atoms. The summed E-state index contributed by atoms with van der Waals surface area (Å²) >= 11 is 0. The Morgan fingerprint density at radius 1 is 1.22 bits per heavy atom. The Hall–Kier alpha value is -2.30. The molecular formula is C17H20N4O5S. The number of nitrogens with zero attached hydrogens (tertiary/aromatic N) is 4. The number of anilines is 1. The second-order valence-electron chi connectivity index (χ2n) is 6.91. The van der Waals surface area contributed by atoms with Crippen molar-refractivity contribution in [2.45, 2.75) is 36.7 Å². The van der Waals surface area contributed by atoms with Crippen LogP contribution in [0.15, 0.2) is 33.7 Å². The topological polar surface area (TPSA) is 117 Å². The van der Waals surface area contributed by atoms with Crippen molar-refractivity contribution in [2.75, 3.05) is 24.5 Å². The summed E-state index contributed by atoms with van der Waals surface area (Å²) in [5.41, 5.74) is -0.799. The molecule has 0 saturated carbocycles. The summed E-state index contributed by atoms with van der Waals surface area (Å²) in [6, 6.07) is 6.26. The van der Waals surface area contributed by atoms with Crippen LogP contribution in [0.25, 0.3) is 0 Å². The first-order valence-electron chi connectivity index (χ1n) is 8.73. The lowest BCUT2D eigenvalue weighted by molar-refractivity contribution is -0.117. The van der Waals surface area contributed by atoms with Gasteiger partial charge in [-0.2, -0.15) is 9.29 Å². The zero-order valence-corrected chi connectivity index (χ0v) is 15.6. The molecule has 2 aromatic rings. The Morgan fingerprint density at radius 3 is 2.56 bits per heavy atom. The van der Waals surface area contributed by atoms with Gasteiger partial charge in [0.25, 0.3) is 5.89 Å². The first-order chi connectivity index (χ1) is 12.8. The molecule has 1 N–H and O–H groups in total. The summed E-state index contributed by atoms with van der Waals surface area (Å²) in [6.07, 6.45) is 1.50. The van der Waals surface area contributed by atoms with Crippen LogP contribution in [0.5, 0.6) is 0 Å². The molecule has 2 saturated heterocycles. The van der Waals surface area contributed by atoms with E-state index in [1.165, 1.54) is 16.4 Å². The molecule has 1 aromatic heterocycles. The van der Waals surface area contributed by atoms with Crippen LogP contribution in [-0.2, 0) is 20.4 Å². The highest BCUT2D eigenvalue weighted by atomic mass is 32.2. The molecule has 2 aliphatic rings. The minimum absolute atomic E-state index is 0.0283. The number of hydrogen-bond acceptors (Lipinski definition) is 7. The van der Waals surface area contributed by atoms with Crippen molar-refractivity contribution in [1.82, 2.24) is 14.4 Å². The smallest absolute Gasteiger partial charge is 0.260 e. The van der Waals surface area contributed by atoms with Gasteiger partial charge in [-0.1, -0.05) is 5.16 Å². The van der Waals surface area contributed by atoms with Crippen LogP contribution in [0.3, 0.4) is 0 Å². The molecule has 1 unspecified atom stereocenters. The highest BCUT2D eigenvalue weighted by Crippen LogP contribution is 2.34. The SMILES string of the molecule is Cc1noc(C2(O)CCN(S(=O)(=O)c3ccc(N4CCCC4=O)cc3)C2)n1. The normalized spacial score (nSPS) is 24.1. The van der Waals surface area contributed by atoms with Gasteiger partial charge in [0.1, 0.15) is 0 Å². The summed E-state index contributed by atoms with van der Waals surface area (Å²) < 4.78 is 32.1. The maximum Gasteiger partial charge on any atom is 0.260 e. The zero-order chi connectivity index (χ0) is 19.2. The van der Waals surface area contributed by atoms with Crippen molar-refractivity contribution in [2.24, 2.45) is 0 Å². The van der Waals surface area contributed by atoms with E-state index in [0.717, 1.165) is 6.42 Å². The van der Waals surface area contributed by atoms with Gasteiger partial charge in [0.2, 0.25) is 15.9 Å². The minimum Gasteiger partial charge on any atom is -0.379 e. The maximum atomic E-state index is 12.9. The zero-order valence-electron chi connectivity index (χ0n) is 14.8. The van der Waals surface area contributed by atoms with Crippen LogP contribution in [0, 0.1) is 6.92 Å². The molecule has 4 rings (SSSR count). The number of benzene rings is 1. The van der Waals surface area contributed by atoms with Crippen molar-refractivity contribution in [1.29, 1.82) is 0 Å². The molecule has 0 radical (unpaired) electrons. The predicted octanol–water partition coefficient (Wildman–Crippen LogP) is 0.787. The molecule has 1 aromatic carbocycles. The minimum atomic E-state index is -3.78. The number of rotatable bonds is 4. The third-order valence-corrected chi connectivity index (χ3v) is 6.86. The van der Waals surface area contributed by atoms with E-state index in [4.69, 9.17) is 4.52 Å². The third-order valence-electron chi connectivity index (χ3n) is 5.00. The Kier molecular flexibility index (Phi) is 4.28.